The van der Waals surface area contributed by atoms with Crippen LogP contribution >= 0.6 is 0 Å². The van der Waals surface area contributed by atoms with Gasteiger partial charge in [0.2, 0.25) is 5.91 Å². The second-order valence-corrected chi connectivity index (χ2v) is 6.27. The molecule has 21 heavy (non-hydrogen) atoms. The molecular formula is C18H27NO2. The summed E-state index contributed by atoms with van der Waals surface area (Å²) in [4.78, 5) is 14.6. The van der Waals surface area contributed by atoms with E-state index in [0.717, 1.165) is 31.7 Å². The number of ether oxygens (including phenoxy) is 1. The molecule has 1 heterocycles. The highest BCUT2D eigenvalue weighted by atomic mass is 16.5. The number of hydrogen-bond donors (Lipinski definition) is 0. The van der Waals surface area contributed by atoms with Gasteiger partial charge in [0.15, 0.2) is 0 Å². The zero-order chi connectivity index (χ0) is 15.2. The van der Waals surface area contributed by atoms with Crippen LogP contribution in [-0.4, -0.2) is 31.0 Å². The first-order valence-corrected chi connectivity index (χ1v) is 8.03. The molecule has 1 fully saturated rings. The van der Waals surface area contributed by atoms with Gasteiger partial charge in [-0.05, 0) is 48.8 Å². The first kappa shape index (κ1) is 15.9. The summed E-state index contributed by atoms with van der Waals surface area (Å²) in [7, 11) is 1.68. The van der Waals surface area contributed by atoms with Crippen LogP contribution in [0.4, 0.5) is 0 Å². The first-order valence-electron chi connectivity index (χ1n) is 8.03. The topological polar surface area (TPSA) is 29.5 Å². The lowest BCUT2D eigenvalue weighted by molar-refractivity contribution is -0.132. The minimum absolute atomic E-state index is 0.283. The molecule has 1 aromatic carbocycles. The van der Waals surface area contributed by atoms with Crippen molar-refractivity contribution in [3.8, 4) is 5.75 Å². The van der Waals surface area contributed by atoms with E-state index >= 15 is 0 Å². The number of hydrogen-bond acceptors (Lipinski definition) is 2. The Hall–Kier alpha value is -1.51. The summed E-state index contributed by atoms with van der Waals surface area (Å²) in [5.41, 5.74) is 1.23. The lowest BCUT2D eigenvalue weighted by atomic mass is 9.85. The van der Waals surface area contributed by atoms with Crippen molar-refractivity contribution < 1.29 is 9.53 Å². The third-order valence-electron chi connectivity index (χ3n) is 4.45. The van der Waals surface area contributed by atoms with Crippen LogP contribution in [0.15, 0.2) is 24.3 Å². The summed E-state index contributed by atoms with van der Waals surface area (Å²) in [5, 5.41) is 0. The molecule has 0 N–H and O–H groups in total. The van der Waals surface area contributed by atoms with Gasteiger partial charge in [-0.15, -0.1) is 0 Å². The second kappa shape index (κ2) is 7.48. The smallest absolute Gasteiger partial charge is 0.223 e. The monoisotopic (exact) mass is 289 g/mol. The highest BCUT2D eigenvalue weighted by molar-refractivity contribution is 5.77. The molecule has 0 aromatic heterocycles. The molecule has 0 saturated carbocycles. The Kier molecular flexibility index (Phi) is 5.66. The predicted molar refractivity (Wildman–Crippen MR) is 85.6 cm³/mol. The average Bonchev–Trinajstić information content (AvgIpc) is 2.53. The zero-order valence-electron chi connectivity index (χ0n) is 13.5. The summed E-state index contributed by atoms with van der Waals surface area (Å²) >= 11 is 0. The third-order valence-corrected chi connectivity index (χ3v) is 4.45. The van der Waals surface area contributed by atoms with Crippen molar-refractivity contribution in [3.05, 3.63) is 29.8 Å². The van der Waals surface area contributed by atoms with Crippen LogP contribution in [0, 0.1) is 5.92 Å². The Morgan fingerprint density at radius 1 is 1.14 bits per heavy atom. The van der Waals surface area contributed by atoms with E-state index in [4.69, 9.17) is 4.74 Å². The van der Waals surface area contributed by atoms with Crippen LogP contribution in [0.3, 0.4) is 0 Å². The lowest BCUT2D eigenvalue weighted by Gasteiger charge is -2.29. The van der Waals surface area contributed by atoms with Gasteiger partial charge in [0.25, 0.3) is 0 Å². The SMILES string of the molecule is COc1ccc([C@H](CC(=O)N2CCCCC2)C(C)C)cc1. The number of likely N-dealkylation sites (tertiary alicyclic amines) is 1. The largest absolute Gasteiger partial charge is 0.497 e. The van der Waals surface area contributed by atoms with Crippen molar-refractivity contribution in [2.75, 3.05) is 20.2 Å². The van der Waals surface area contributed by atoms with Crippen LogP contribution in [0.5, 0.6) is 5.75 Å². The first-order chi connectivity index (χ1) is 10.1. The molecule has 0 spiro atoms. The van der Waals surface area contributed by atoms with Crippen LogP contribution < -0.4 is 4.74 Å². The van der Waals surface area contributed by atoms with Gasteiger partial charge in [0.1, 0.15) is 5.75 Å². The molecule has 1 atom stereocenters. The Labute approximate surface area is 128 Å². The van der Waals surface area contributed by atoms with Crippen molar-refractivity contribution >= 4 is 5.91 Å². The number of rotatable bonds is 5. The lowest BCUT2D eigenvalue weighted by Crippen LogP contribution is -2.36. The Morgan fingerprint density at radius 2 is 1.76 bits per heavy atom. The molecule has 0 unspecified atom stereocenters. The average molecular weight is 289 g/mol. The van der Waals surface area contributed by atoms with Crippen molar-refractivity contribution in [1.82, 2.24) is 4.90 Å². The van der Waals surface area contributed by atoms with Crippen molar-refractivity contribution in [3.63, 3.8) is 0 Å². The van der Waals surface area contributed by atoms with Gasteiger partial charge in [0.05, 0.1) is 7.11 Å². The summed E-state index contributed by atoms with van der Waals surface area (Å²) < 4.78 is 5.21. The van der Waals surface area contributed by atoms with Crippen molar-refractivity contribution in [2.45, 2.75) is 45.4 Å². The van der Waals surface area contributed by atoms with E-state index in [2.05, 4.69) is 26.0 Å². The molecule has 3 heteroatoms. The molecule has 1 aliphatic heterocycles. The Morgan fingerprint density at radius 3 is 2.29 bits per heavy atom. The number of piperidine rings is 1. The zero-order valence-corrected chi connectivity index (χ0v) is 13.5. The molecule has 0 aliphatic carbocycles. The van der Waals surface area contributed by atoms with Gasteiger partial charge in [-0.2, -0.15) is 0 Å². The van der Waals surface area contributed by atoms with Crippen LogP contribution in [-0.2, 0) is 4.79 Å². The molecule has 116 valence electrons. The Bertz CT molecular complexity index is 447. The van der Waals surface area contributed by atoms with Gasteiger partial charge in [0, 0.05) is 19.5 Å². The summed E-state index contributed by atoms with van der Waals surface area (Å²) in [6.07, 6.45) is 4.18. The van der Waals surface area contributed by atoms with Crippen LogP contribution in [0.1, 0.15) is 51.0 Å². The minimum Gasteiger partial charge on any atom is -0.497 e. The van der Waals surface area contributed by atoms with E-state index in [1.165, 1.54) is 12.0 Å². The van der Waals surface area contributed by atoms with E-state index in [1.54, 1.807) is 7.11 Å². The highest BCUT2D eigenvalue weighted by Crippen LogP contribution is 2.30. The van der Waals surface area contributed by atoms with Crippen molar-refractivity contribution in [1.29, 1.82) is 0 Å². The van der Waals surface area contributed by atoms with E-state index in [-0.39, 0.29) is 5.92 Å². The van der Waals surface area contributed by atoms with E-state index in [9.17, 15) is 4.79 Å². The number of carbonyl (C=O) groups excluding carboxylic acids is 1. The number of carbonyl (C=O) groups is 1. The molecule has 1 aliphatic rings. The molecule has 1 aromatic rings. The quantitative estimate of drug-likeness (QED) is 0.824. The van der Waals surface area contributed by atoms with Gasteiger partial charge >= 0.3 is 0 Å². The molecule has 3 nitrogen and oxygen atoms in total. The van der Waals surface area contributed by atoms with E-state index in [0.29, 0.717) is 18.2 Å². The fraction of sp³-hybridized carbons (Fsp3) is 0.611. The fourth-order valence-electron chi connectivity index (χ4n) is 3.05. The van der Waals surface area contributed by atoms with E-state index in [1.807, 2.05) is 17.0 Å². The normalized spacial score (nSPS) is 16.9. The predicted octanol–water partition coefficient (Wildman–Crippen LogP) is 3.84. The van der Waals surface area contributed by atoms with Gasteiger partial charge in [-0.25, -0.2) is 0 Å². The highest BCUT2D eigenvalue weighted by Gasteiger charge is 2.24. The number of benzene rings is 1. The third kappa shape index (κ3) is 4.23. The van der Waals surface area contributed by atoms with Crippen molar-refractivity contribution in [2.24, 2.45) is 5.92 Å². The standard InChI is InChI=1S/C18H27NO2/c1-14(2)17(15-7-9-16(21-3)10-8-15)13-18(20)19-11-5-4-6-12-19/h7-10,14,17H,4-6,11-13H2,1-3H3/t17-/m1/s1. The maximum atomic E-state index is 12.5. The van der Waals surface area contributed by atoms with Gasteiger partial charge in [-0.1, -0.05) is 26.0 Å². The van der Waals surface area contributed by atoms with Gasteiger partial charge in [-0.3, -0.25) is 4.79 Å². The van der Waals surface area contributed by atoms with Gasteiger partial charge < -0.3 is 9.64 Å². The maximum Gasteiger partial charge on any atom is 0.223 e. The molecule has 0 radical (unpaired) electrons. The summed E-state index contributed by atoms with van der Waals surface area (Å²) in [5.74, 6) is 1.91. The fourth-order valence-corrected chi connectivity index (χ4v) is 3.05. The molecule has 2 rings (SSSR count). The number of amides is 1. The molecule has 1 saturated heterocycles. The minimum atomic E-state index is 0.283. The summed E-state index contributed by atoms with van der Waals surface area (Å²) in [6, 6.07) is 8.14. The van der Waals surface area contributed by atoms with Crippen LogP contribution in [0.2, 0.25) is 0 Å². The number of methoxy groups -OCH3 is 1. The molecule has 1 amide bonds. The maximum absolute atomic E-state index is 12.5. The molecular weight excluding hydrogens is 262 g/mol. The van der Waals surface area contributed by atoms with Crippen LogP contribution in [0.25, 0.3) is 0 Å². The summed E-state index contributed by atoms with van der Waals surface area (Å²) in [6.45, 7) is 6.26. The second-order valence-electron chi connectivity index (χ2n) is 6.27. The molecule has 0 bridgehead atoms. The Balaban J connectivity index is 2.05. The van der Waals surface area contributed by atoms with E-state index < -0.39 is 0 Å². The number of nitrogens with zero attached hydrogens (tertiary/aromatic N) is 1.